The Balaban J connectivity index is 2.55. The molecule has 0 aliphatic rings. The number of amides is 1. The summed E-state index contributed by atoms with van der Waals surface area (Å²) in [6, 6.07) is 1.66. The first-order valence-corrected chi connectivity index (χ1v) is 6.25. The van der Waals surface area contributed by atoms with Gasteiger partial charge in [-0.3, -0.25) is 9.78 Å². The van der Waals surface area contributed by atoms with Crippen LogP contribution in [-0.2, 0) is 4.79 Å². The van der Waals surface area contributed by atoms with Crippen LogP contribution in [-0.4, -0.2) is 35.1 Å². The van der Waals surface area contributed by atoms with Crippen LogP contribution in [0.3, 0.4) is 0 Å². The van der Waals surface area contributed by atoms with Gasteiger partial charge < -0.3 is 15.7 Å². The third kappa shape index (κ3) is 4.95. The topological polar surface area (TPSA) is 91.3 Å². The standard InChI is InChI=1S/C13H19N3O3/c1-3-5-15-12(17)4-6-14-11-7-9(2)16-8-10(11)13(18)19/h7-8H,3-6H2,1-2H3,(H,14,16)(H,15,17)(H,18,19). The van der Waals surface area contributed by atoms with E-state index in [9.17, 15) is 9.59 Å². The minimum Gasteiger partial charge on any atom is -0.478 e. The molecule has 1 aromatic rings. The lowest BCUT2D eigenvalue weighted by Crippen LogP contribution is -2.26. The van der Waals surface area contributed by atoms with Crippen LogP contribution in [0.5, 0.6) is 0 Å². The van der Waals surface area contributed by atoms with E-state index in [1.807, 2.05) is 6.92 Å². The summed E-state index contributed by atoms with van der Waals surface area (Å²) in [5, 5.41) is 14.7. The Bertz CT molecular complexity index is 460. The number of hydrogen-bond donors (Lipinski definition) is 3. The van der Waals surface area contributed by atoms with E-state index in [0.717, 1.165) is 12.1 Å². The zero-order valence-corrected chi connectivity index (χ0v) is 11.2. The summed E-state index contributed by atoms with van der Waals surface area (Å²) < 4.78 is 0. The first kappa shape index (κ1) is 14.9. The number of nitrogens with one attached hydrogen (secondary N) is 2. The largest absolute Gasteiger partial charge is 0.478 e. The maximum Gasteiger partial charge on any atom is 0.339 e. The van der Waals surface area contributed by atoms with Crippen molar-refractivity contribution in [3.8, 4) is 0 Å². The van der Waals surface area contributed by atoms with Crippen LogP contribution < -0.4 is 10.6 Å². The molecule has 0 aliphatic heterocycles. The van der Waals surface area contributed by atoms with Crippen LogP contribution in [0.1, 0.15) is 35.8 Å². The van der Waals surface area contributed by atoms with Crippen LogP contribution in [0.2, 0.25) is 0 Å². The summed E-state index contributed by atoms with van der Waals surface area (Å²) in [6.07, 6.45) is 2.52. The number of aromatic nitrogens is 1. The summed E-state index contributed by atoms with van der Waals surface area (Å²) >= 11 is 0. The molecule has 0 radical (unpaired) electrons. The van der Waals surface area contributed by atoms with Gasteiger partial charge in [-0.2, -0.15) is 0 Å². The van der Waals surface area contributed by atoms with E-state index < -0.39 is 5.97 Å². The first-order valence-electron chi connectivity index (χ1n) is 6.25. The van der Waals surface area contributed by atoms with Crippen LogP contribution in [0.15, 0.2) is 12.3 Å². The van der Waals surface area contributed by atoms with Gasteiger partial charge in [-0.15, -0.1) is 0 Å². The van der Waals surface area contributed by atoms with Crippen molar-refractivity contribution >= 4 is 17.6 Å². The van der Waals surface area contributed by atoms with Crippen molar-refractivity contribution in [3.05, 3.63) is 23.5 Å². The van der Waals surface area contributed by atoms with E-state index in [0.29, 0.717) is 25.2 Å². The lowest BCUT2D eigenvalue weighted by atomic mass is 10.2. The molecule has 0 aliphatic carbocycles. The monoisotopic (exact) mass is 265 g/mol. The van der Waals surface area contributed by atoms with Gasteiger partial charge in [0.1, 0.15) is 5.56 Å². The molecule has 0 spiro atoms. The Morgan fingerprint density at radius 3 is 2.74 bits per heavy atom. The zero-order chi connectivity index (χ0) is 14.3. The maximum atomic E-state index is 11.4. The first-order chi connectivity index (χ1) is 9.04. The predicted octanol–water partition coefficient (Wildman–Crippen LogP) is 1.42. The maximum absolute atomic E-state index is 11.4. The van der Waals surface area contributed by atoms with Crippen LogP contribution in [0, 0.1) is 6.92 Å². The fraction of sp³-hybridized carbons (Fsp3) is 0.462. The second-order valence-electron chi connectivity index (χ2n) is 4.20. The van der Waals surface area contributed by atoms with Crippen molar-refractivity contribution in [3.63, 3.8) is 0 Å². The molecule has 6 heteroatoms. The molecule has 0 atom stereocenters. The van der Waals surface area contributed by atoms with E-state index in [4.69, 9.17) is 5.11 Å². The lowest BCUT2D eigenvalue weighted by molar-refractivity contribution is -0.120. The summed E-state index contributed by atoms with van der Waals surface area (Å²) in [5.74, 6) is -1.08. The van der Waals surface area contributed by atoms with Crippen molar-refractivity contribution in [2.75, 3.05) is 18.4 Å². The summed E-state index contributed by atoms with van der Waals surface area (Å²) in [5.41, 5.74) is 1.32. The molecule has 3 N–H and O–H groups in total. The number of pyridine rings is 1. The van der Waals surface area contributed by atoms with Crippen LogP contribution in [0.4, 0.5) is 5.69 Å². The number of carbonyl (C=O) groups is 2. The lowest BCUT2D eigenvalue weighted by Gasteiger charge is -2.10. The normalized spacial score (nSPS) is 10.0. The van der Waals surface area contributed by atoms with Gasteiger partial charge in [0.05, 0.1) is 5.69 Å². The predicted molar refractivity (Wildman–Crippen MR) is 72.3 cm³/mol. The van der Waals surface area contributed by atoms with Gasteiger partial charge >= 0.3 is 5.97 Å². The molecule has 1 heterocycles. The highest BCUT2D eigenvalue weighted by atomic mass is 16.4. The average molecular weight is 265 g/mol. The Morgan fingerprint density at radius 2 is 2.11 bits per heavy atom. The van der Waals surface area contributed by atoms with E-state index >= 15 is 0 Å². The highest BCUT2D eigenvalue weighted by Crippen LogP contribution is 2.15. The quantitative estimate of drug-likeness (QED) is 0.693. The summed E-state index contributed by atoms with van der Waals surface area (Å²) in [4.78, 5) is 26.4. The molecule has 104 valence electrons. The molecule has 0 bridgehead atoms. The SMILES string of the molecule is CCCNC(=O)CCNc1cc(C)ncc1C(=O)O. The second-order valence-corrected chi connectivity index (χ2v) is 4.20. The number of hydrogen-bond acceptors (Lipinski definition) is 4. The van der Waals surface area contributed by atoms with Gasteiger partial charge in [-0.1, -0.05) is 6.92 Å². The molecule has 0 fully saturated rings. The second kappa shape index (κ2) is 7.35. The van der Waals surface area contributed by atoms with E-state index in [1.54, 1.807) is 13.0 Å². The third-order valence-corrected chi connectivity index (χ3v) is 2.51. The Morgan fingerprint density at radius 1 is 1.37 bits per heavy atom. The highest BCUT2D eigenvalue weighted by Gasteiger charge is 2.10. The number of rotatable bonds is 7. The number of aryl methyl sites for hydroxylation is 1. The fourth-order valence-corrected chi connectivity index (χ4v) is 1.54. The molecule has 19 heavy (non-hydrogen) atoms. The summed E-state index contributed by atoms with van der Waals surface area (Å²) in [7, 11) is 0. The highest BCUT2D eigenvalue weighted by molar-refractivity contribution is 5.93. The van der Waals surface area contributed by atoms with E-state index in [-0.39, 0.29) is 11.5 Å². The fourth-order valence-electron chi connectivity index (χ4n) is 1.54. The Kier molecular flexibility index (Phi) is 5.78. The molecule has 1 rings (SSSR count). The smallest absolute Gasteiger partial charge is 0.339 e. The number of aromatic carboxylic acids is 1. The molecule has 0 saturated heterocycles. The minimum absolute atomic E-state index is 0.0444. The number of carbonyl (C=O) groups excluding carboxylic acids is 1. The molecule has 0 unspecified atom stereocenters. The molecular formula is C13H19N3O3. The Hall–Kier alpha value is -2.11. The van der Waals surface area contributed by atoms with Gasteiger partial charge in [0.2, 0.25) is 5.91 Å². The van der Waals surface area contributed by atoms with Crippen LogP contribution in [0.25, 0.3) is 0 Å². The summed E-state index contributed by atoms with van der Waals surface area (Å²) in [6.45, 7) is 4.81. The number of anilines is 1. The Labute approximate surface area is 112 Å². The van der Waals surface area contributed by atoms with Crippen molar-refractivity contribution in [2.45, 2.75) is 26.7 Å². The van der Waals surface area contributed by atoms with Gasteiger partial charge in [0.25, 0.3) is 0 Å². The van der Waals surface area contributed by atoms with Crippen molar-refractivity contribution < 1.29 is 14.7 Å². The molecule has 0 saturated carbocycles. The van der Waals surface area contributed by atoms with Crippen molar-refractivity contribution in [1.29, 1.82) is 0 Å². The zero-order valence-electron chi connectivity index (χ0n) is 11.2. The minimum atomic E-state index is -1.04. The van der Waals surface area contributed by atoms with Gasteiger partial charge in [-0.25, -0.2) is 4.79 Å². The van der Waals surface area contributed by atoms with Gasteiger partial charge in [0, 0.05) is 31.4 Å². The van der Waals surface area contributed by atoms with Crippen LogP contribution >= 0.6 is 0 Å². The van der Waals surface area contributed by atoms with Gasteiger partial charge in [0.15, 0.2) is 0 Å². The van der Waals surface area contributed by atoms with Crippen molar-refractivity contribution in [2.24, 2.45) is 0 Å². The third-order valence-electron chi connectivity index (χ3n) is 2.51. The van der Waals surface area contributed by atoms with Crippen molar-refractivity contribution in [1.82, 2.24) is 10.3 Å². The molecule has 1 amide bonds. The molecular weight excluding hydrogens is 246 g/mol. The average Bonchev–Trinajstić information content (AvgIpc) is 2.36. The molecule has 6 nitrogen and oxygen atoms in total. The molecule has 1 aromatic heterocycles. The van der Waals surface area contributed by atoms with E-state index in [2.05, 4.69) is 15.6 Å². The van der Waals surface area contributed by atoms with Gasteiger partial charge in [-0.05, 0) is 19.4 Å². The van der Waals surface area contributed by atoms with E-state index in [1.165, 1.54) is 6.20 Å². The number of carboxylic acids is 1. The molecule has 0 aromatic carbocycles. The number of nitrogens with zero attached hydrogens (tertiary/aromatic N) is 1. The number of carboxylic acid groups (broad SMARTS) is 1.